The smallest absolute Gasteiger partial charge is 0.0329 e. The molecule has 0 aromatic rings. The van der Waals surface area contributed by atoms with Gasteiger partial charge in [0.2, 0.25) is 0 Å². The van der Waals surface area contributed by atoms with E-state index in [2.05, 4.69) is 6.92 Å². The molecule has 3 aliphatic carbocycles. The lowest BCUT2D eigenvalue weighted by Gasteiger charge is -2.20. The van der Waals surface area contributed by atoms with Gasteiger partial charge in [-0.15, -0.1) is 0 Å². The van der Waals surface area contributed by atoms with E-state index in [-0.39, 0.29) is 0 Å². The topological polar surface area (TPSA) is 0 Å². The second kappa shape index (κ2) is 2.49. The maximum absolute atomic E-state index is 2.51. The molecule has 0 aliphatic heterocycles. The van der Waals surface area contributed by atoms with Crippen molar-refractivity contribution in [1.82, 2.24) is 0 Å². The van der Waals surface area contributed by atoms with Crippen LogP contribution in [-0.4, -0.2) is 0 Å². The summed E-state index contributed by atoms with van der Waals surface area (Å²) in [5.41, 5.74) is 0. The van der Waals surface area contributed by atoms with Crippen LogP contribution in [0.2, 0.25) is 0 Å². The van der Waals surface area contributed by atoms with Crippen molar-refractivity contribution in [1.29, 1.82) is 0 Å². The zero-order chi connectivity index (χ0) is 8.13. The highest BCUT2D eigenvalue weighted by atomic mass is 14.6. The molecule has 0 radical (unpaired) electrons. The summed E-state index contributed by atoms with van der Waals surface area (Å²) in [4.78, 5) is 0. The summed E-state index contributed by atoms with van der Waals surface area (Å²) < 4.78 is 0. The molecule has 0 saturated heterocycles. The van der Waals surface area contributed by atoms with Crippen molar-refractivity contribution in [3.05, 3.63) is 0 Å². The molecule has 3 saturated carbocycles. The Bertz CT molecular complexity index is 184. The highest BCUT2D eigenvalue weighted by Gasteiger charge is 2.50. The average Bonchev–Trinajstić information content (AvgIpc) is 2.71. The summed E-state index contributed by atoms with van der Waals surface area (Å²) in [7, 11) is 0. The maximum atomic E-state index is 2.51. The van der Waals surface area contributed by atoms with E-state index in [0.717, 1.165) is 17.8 Å². The fourth-order valence-corrected chi connectivity index (χ4v) is 4.15. The first kappa shape index (κ1) is 7.41. The van der Waals surface area contributed by atoms with E-state index in [9.17, 15) is 0 Å². The second-order valence-corrected chi connectivity index (χ2v) is 5.48. The predicted octanol–water partition coefficient (Wildman–Crippen LogP) is 3.47. The van der Waals surface area contributed by atoms with Gasteiger partial charge in [-0.25, -0.2) is 0 Å². The third-order valence-electron chi connectivity index (χ3n) is 4.82. The van der Waals surface area contributed by atoms with Gasteiger partial charge in [0.15, 0.2) is 0 Å². The average molecular weight is 164 g/mol. The van der Waals surface area contributed by atoms with E-state index in [0.29, 0.717) is 0 Å². The van der Waals surface area contributed by atoms with Crippen molar-refractivity contribution in [3.63, 3.8) is 0 Å². The molecule has 0 aromatic heterocycles. The van der Waals surface area contributed by atoms with Crippen molar-refractivity contribution >= 4 is 0 Å². The molecular weight excluding hydrogens is 144 g/mol. The SMILES string of the molecule is CC1CCC2CCCC3CC3C12. The van der Waals surface area contributed by atoms with Crippen LogP contribution in [0.1, 0.15) is 45.4 Å². The highest BCUT2D eigenvalue weighted by molar-refractivity contribution is 5.00. The van der Waals surface area contributed by atoms with E-state index in [1.807, 2.05) is 0 Å². The summed E-state index contributed by atoms with van der Waals surface area (Å²) in [6, 6.07) is 0. The molecule has 3 aliphatic rings. The van der Waals surface area contributed by atoms with Gasteiger partial charge in [0, 0.05) is 0 Å². The minimum absolute atomic E-state index is 1.07. The molecule has 0 spiro atoms. The van der Waals surface area contributed by atoms with E-state index in [4.69, 9.17) is 0 Å². The standard InChI is InChI=1S/C12H20/c1-8-5-6-9-3-2-4-10-7-11(10)12(8)9/h8-12H,2-7H2,1H3. The van der Waals surface area contributed by atoms with Gasteiger partial charge in [0.05, 0.1) is 0 Å². The Labute approximate surface area is 75.7 Å². The molecule has 0 heteroatoms. The minimum Gasteiger partial charge on any atom is -0.0622 e. The van der Waals surface area contributed by atoms with Crippen molar-refractivity contribution in [2.45, 2.75) is 45.4 Å². The van der Waals surface area contributed by atoms with Crippen LogP contribution in [0.25, 0.3) is 0 Å². The Balaban J connectivity index is 1.82. The number of hydrogen-bond donors (Lipinski definition) is 0. The van der Waals surface area contributed by atoms with Crippen LogP contribution in [0.3, 0.4) is 0 Å². The molecule has 68 valence electrons. The van der Waals surface area contributed by atoms with Crippen LogP contribution in [0.15, 0.2) is 0 Å². The quantitative estimate of drug-likeness (QED) is 0.514. The second-order valence-electron chi connectivity index (χ2n) is 5.48. The third kappa shape index (κ3) is 0.963. The molecule has 5 atom stereocenters. The molecule has 0 amide bonds. The largest absolute Gasteiger partial charge is 0.0622 e. The Hall–Kier alpha value is 0. The van der Waals surface area contributed by atoms with Gasteiger partial charge in [-0.3, -0.25) is 0 Å². The zero-order valence-electron chi connectivity index (χ0n) is 8.13. The predicted molar refractivity (Wildman–Crippen MR) is 50.8 cm³/mol. The van der Waals surface area contributed by atoms with Crippen LogP contribution < -0.4 is 0 Å². The van der Waals surface area contributed by atoms with Gasteiger partial charge in [-0.1, -0.05) is 32.6 Å². The van der Waals surface area contributed by atoms with Crippen LogP contribution in [0.5, 0.6) is 0 Å². The summed E-state index contributed by atoms with van der Waals surface area (Å²) in [5.74, 6) is 5.76. The number of fused-ring (bicyclic) bond motifs is 3. The first-order chi connectivity index (χ1) is 5.86. The van der Waals surface area contributed by atoms with Gasteiger partial charge in [-0.2, -0.15) is 0 Å². The Morgan fingerprint density at radius 1 is 0.917 bits per heavy atom. The summed E-state index contributed by atoms with van der Waals surface area (Å²) >= 11 is 0. The van der Waals surface area contributed by atoms with Crippen LogP contribution in [0, 0.1) is 29.6 Å². The van der Waals surface area contributed by atoms with Gasteiger partial charge < -0.3 is 0 Å². The minimum atomic E-state index is 1.07. The lowest BCUT2D eigenvalue weighted by Crippen LogP contribution is -2.14. The third-order valence-corrected chi connectivity index (χ3v) is 4.82. The van der Waals surface area contributed by atoms with Gasteiger partial charge >= 0.3 is 0 Å². The number of rotatable bonds is 0. The van der Waals surface area contributed by atoms with Crippen LogP contribution in [-0.2, 0) is 0 Å². The lowest BCUT2D eigenvalue weighted by atomic mass is 9.85. The van der Waals surface area contributed by atoms with E-state index < -0.39 is 0 Å². The Kier molecular flexibility index (Phi) is 1.54. The highest BCUT2D eigenvalue weighted by Crippen LogP contribution is 2.59. The first-order valence-electron chi connectivity index (χ1n) is 5.86. The molecule has 3 fully saturated rings. The van der Waals surface area contributed by atoms with Crippen molar-refractivity contribution < 1.29 is 0 Å². The number of hydrogen-bond acceptors (Lipinski definition) is 0. The molecule has 0 nitrogen and oxygen atoms in total. The van der Waals surface area contributed by atoms with Crippen molar-refractivity contribution in [2.24, 2.45) is 29.6 Å². The molecule has 3 rings (SSSR count). The first-order valence-corrected chi connectivity index (χ1v) is 5.86. The van der Waals surface area contributed by atoms with Gasteiger partial charge in [-0.05, 0) is 42.4 Å². The molecule has 0 aromatic carbocycles. The Morgan fingerprint density at radius 3 is 2.67 bits per heavy atom. The van der Waals surface area contributed by atoms with Gasteiger partial charge in [0.25, 0.3) is 0 Å². The van der Waals surface area contributed by atoms with E-state index in [1.165, 1.54) is 11.8 Å². The fourth-order valence-electron chi connectivity index (χ4n) is 4.15. The van der Waals surface area contributed by atoms with Gasteiger partial charge in [0.1, 0.15) is 0 Å². The normalized spacial score (nSPS) is 57.2. The maximum Gasteiger partial charge on any atom is -0.0329 e. The molecule has 0 N–H and O–H groups in total. The molecule has 0 bridgehead atoms. The summed E-state index contributed by atoms with van der Waals surface area (Å²) in [6.45, 7) is 2.51. The molecule has 0 heterocycles. The summed E-state index contributed by atoms with van der Waals surface area (Å²) in [5, 5.41) is 0. The molecular formula is C12H20. The molecule has 12 heavy (non-hydrogen) atoms. The fraction of sp³-hybridized carbons (Fsp3) is 1.00. The van der Waals surface area contributed by atoms with Crippen LogP contribution >= 0.6 is 0 Å². The summed E-state index contributed by atoms with van der Waals surface area (Å²) in [6.07, 6.45) is 9.40. The van der Waals surface area contributed by atoms with E-state index >= 15 is 0 Å². The zero-order valence-corrected chi connectivity index (χ0v) is 8.13. The lowest BCUT2D eigenvalue weighted by molar-refractivity contribution is 0.280. The van der Waals surface area contributed by atoms with Crippen LogP contribution in [0.4, 0.5) is 0 Å². The molecule has 5 unspecified atom stereocenters. The van der Waals surface area contributed by atoms with Crippen molar-refractivity contribution in [3.8, 4) is 0 Å². The van der Waals surface area contributed by atoms with E-state index in [1.54, 1.807) is 38.5 Å². The van der Waals surface area contributed by atoms with Crippen molar-refractivity contribution in [2.75, 3.05) is 0 Å². The monoisotopic (exact) mass is 164 g/mol. The Morgan fingerprint density at radius 2 is 1.75 bits per heavy atom.